The Morgan fingerprint density at radius 2 is 2.00 bits per heavy atom. The maximum Gasteiger partial charge on any atom is 0.372 e. The highest BCUT2D eigenvalue weighted by molar-refractivity contribution is 6.71. The Balaban J connectivity index is 3.19. The molecule has 0 spiro atoms. The van der Waals surface area contributed by atoms with Crippen LogP contribution in [0.5, 0.6) is 0 Å². The smallest absolute Gasteiger partial charge is 0.372 e. The lowest BCUT2D eigenvalue weighted by molar-refractivity contribution is -0.122. The molecule has 112 valence electrons. The Bertz CT molecular complexity index is 309. The van der Waals surface area contributed by atoms with Crippen LogP contribution in [-0.2, 0) is 18.4 Å². The fraction of sp³-hybridized carbons (Fsp3) is 0.923. The molecule has 1 aliphatic heterocycles. The van der Waals surface area contributed by atoms with Gasteiger partial charge in [-0.2, -0.15) is 0 Å². The predicted octanol–water partition coefficient (Wildman–Crippen LogP) is 1.74. The van der Waals surface area contributed by atoms with Crippen molar-refractivity contribution in [3.05, 3.63) is 0 Å². The Labute approximate surface area is 117 Å². The summed E-state index contributed by atoms with van der Waals surface area (Å²) in [7, 11) is 2.61. The highest BCUT2D eigenvalue weighted by atomic mass is 28.4. The van der Waals surface area contributed by atoms with Gasteiger partial charge in [-0.05, 0) is 25.3 Å². The number of carbonyl (C=O) groups is 1. The van der Waals surface area contributed by atoms with E-state index in [1.54, 1.807) is 28.3 Å². The Kier molecular flexibility index (Phi) is 5.98. The lowest BCUT2D eigenvalue weighted by atomic mass is 9.99. The van der Waals surface area contributed by atoms with Crippen LogP contribution in [0.25, 0.3) is 0 Å². The molecule has 6 heteroatoms. The van der Waals surface area contributed by atoms with E-state index in [9.17, 15) is 4.79 Å². The number of rotatable bonds is 6. The topological polar surface area (TPSA) is 56.8 Å². The molecule has 5 nitrogen and oxygen atoms in total. The van der Waals surface area contributed by atoms with Gasteiger partial charge >= 0.3 is 8.56 Å². The maximum absolute atomic E-state index is 11.5. The molecule has 0 radical (unpaired) electrons. The third-order valence-electron chi connectivity index (χ3n) is 4.23. The molecule has 0 bridgehead atoms. The van der Waals surface area contributed by atoms with Crippen molar-refractivity contribution in [2.24, 2.45) is 0 Å². The Morgan fingerprint density at radius 1 is 1.37 bits per heavy atom. The molecule has 1 amide bonds. The molecule has 1 N–H and O–H groups in total. The molecule has 0 saturated carbocycles. The number of nitrogens with one attached hydrogen (secondary N) is 1. The average molecular weight is 289 g/mol. The van der Waals surface area contributed by atoms with E-state index in [1.807, 2.05) is 0 Å². The number of amides is 1. The second kappa shape index (κ2) is 6.83. The van der Waals surface area contributed by atoms with Gasteiger partial charge in [0.05, 0.1) is 6.04 Å². The van der Waals surface area contributed by atoms with Gasteiger partial charge in [0.2, 0.25) is 5.91 Å². The van der Waals surface area contributed by atoms with E-state index in [0.717, 1.165) is 31.7 Å². The molecule has 1 aliphatic rings. The van der Waals surface area contributed by atoms with Crippen molar-refractivity contribution >= 4 is 14.5 Å². The molecular weight excluding hydrogens is 262 g/mol. The van der Waals surface area contributed by atoms with Crippen LogP contribution in [-0.4, -0.2) is 47.1 Å². The molecule has 0 aromatic carbocycles. The molecule has 19 heavy (non-hydrogen) atoms. The van der Waals surface area contributed by atoms with Gasteiger partial charge in [-0.1, -0.05) is 13.3 Å². The number of hydrogen-bond acceptors (Lipinski definition) is 4. The minimum absolute atomic E-state index is 0.0282. The highest BCUT2D eigenvalue weighted by Crippen LogP contribution is 2.43. The van der Waals surface area contributed by atoms with Gasteiger partial charge in [-0.3, -0.25) is 4.79 Å². The van der Waals surface area contributed by atoms with Crippen LogP contribution >= 0.6 is 0 Å². The summed E-state index contributed by atoms with van der Waals surface area (Å²) in [6, 6.07) is 0.875. The molecule has 2 atom stereocenters. The Morgan fingerprint density at radius 3 is 2.42 bits per heavy atom. The third kappa shape index (κ3) is 2.86. The minimum Gasteiger partial charge on any atom is -0.396 e. The van der Waals surface area contributed by atoms with Gasteiger partial charge in [-0.15, -0.1) is 0 Å². The molecule has 0 aromatic heterocycles. The number of hydrogen-bond donors (Lipinski definition) is 1. The van der Waals surface area contributed by atoms with Crippen LogP contribution in [0.3, 0.4) is 0 Å². The average Bonchev–Trinajstić information content (AvgIpc) is 2.40. The number of methoxy groups -OCH3 is 1. The van der Waals surface area contributed by atoms with Crippen LogP contribution < -0.4 is 5.32 Å². The normalized spacial score (nSPS) is 30.1. The largest absolute Gasteiger partial charge is 0.396 e. The molecule has 1 heterocycles. The van der Waals surface area contributed by atoms with Crippen molar-refractivity contribution in [2.75, 3.05) is 21.3 Å². The van der Waals surface area contributed by atoms with Crippen LogP contribution in [0.1, 0.15) is 39.5 Å². The zero-order valence-electron chi connectivity index (χ0n) is 12.7. The van der Waals surface area contributed by atoms with Crippen LogP contribution in [0.15, 0.2) is 0 Å². The first-order chi connectivity index (χ1) is 9.01. The standard InChI is InChI=1S/C13H27NO4Si/c1-6-9-13(16-3)12(14-11(2)15)8-7-10-19(13,17-4)18-5/h12H,6-10H2,1-5H3,(H,14,15). The predicted molar refractivity (Wildman–Crippen MR) is 76.1 cm³/mol. The Hall–Kier alpha value is -0.433. The molecule has 0 aromatic rings. The summed E-state index contributed by atoms with van der Waals surface area (Å²) in [5, 5.41) is 2.54. The second-order valence-corrected chi connectivity index (χ2v) is 8.82. The van der Waals surface area contributed by atoms with Crippen molar-refractivity contribution < 1.29 is 18.4 Å². The second-order valence-electron chi connectivity index (χ2n) is 5.15. The van der Waals surface area contributed by atoms with Crippen LogP contribution in [0, 0.1) is 0 Å². The lowest BCUT2D eigenvalue weighted by Crippen LogP contribution is -2.73. The zero-order chi connectivity index (χ0) is 14.5. The molecule has 1 rings (SSSR count). The first-order valence-corrected chi connectivity index (χ1v) is 8.96. The van der Waals surface area contributed by atoms with E-state index >= 15 is 0 Å². The lowest BCUT2D eigenvalue weighted by Gasteiger charge is -2.52. The van der Waals surface area contributed by atoms with E-state index in [2.05, 4.69) is 12.2 Å². The van der Waals surface area contributed by atoms with Crippen molar-refractivity contribution in [3.8, 4) is 0 Å². The fourth-order valence-corrected chi connectivity index (χ4v) is 7.50. The van der Waals surface area contributed by atoms with Crippen molar-refractivity contribution in [1.82, 2.24) is 5.32 Å². The molecule has 2 unspecified atom stereocenters. The summed E-state index contributed by atoms with van der Waals surface area (Å²) in [4.78, 5) is 11.5. The van der Waals surface area contributed by atoms with Gasteiger partial charge < -0.3 is 18.9 Å². The van der Waals surface area contributed by atoms with E-state index in [4.69, 9.17) is 13.6 Å². The number of carbonyl (C=O) groups excluding carboxylic acids is 1. The third-order valence-corrected chi connectivity index (χ3v) is 8.65. The molecule has 0 aliphatic carbocycles. The van der Waals surface area contributed by atoms with Crippen molar-refractivity contribution in [3.63, 3.8) is 0 Å². The van der Waals surface area contributed by atoms with Crippen molar-refractivity contribution in [1.29, 1.82) is 0 Å². The summed E-state index contributed by atoms with van der Waals surface area (Å²) in [6.07, 6.45) is 3.70. The first kappa shape index (κ1) is 16.6. The molecular formula is C13H27NO4Si. The summed E-state index contributed by atoms with van der Waals surface area (Å²) >= 11 is 0. The SMILES string of the molecule is CCCC1(OC)C(NC(C)=O)CCC[Si]1(OC)OC. The van der Waals surface area contributed by atoms with Gasteiger partial charge in [0.25, 0.3) is 0 Å². The van der Waals surface area contributed by atoms with Crippen molar-refractivity contribution in [2.45, 2.75) is 56.8 Å². The summed E-state index contributed by atoms with van der Waals surface area (Å²) in [5.41, 5.74) is 0. The monoisotopic (exact) mass is 289 g/mol. The first-order valence-electron chi connectivity index (χ1n) is 6.94. The highest BCUT2D eigenvalue weighted by Gasteiger charge is 2.63. The minimum atomic E-state index is -2.50. The van der Waals surface area contributed by atoms with E-state index < -0.39 is 13.8 Å². The number of ether oxygens (including phenoxy) is 1. The molecule has 1 fully saturated rings. The van der Waals surface area contributed by atoms with Gasteiger partial charge in [0.1, 0.15) is 5.22 Å². The van der Waals surface area contributed by atoms with Gasteiger partial charge in [-0.25, -0.2) is 0 Å². The van der Waals surface area contributed by atoms with Gasteiger partial charge in [0.15, 0.2) is 0 Å². The summed E-state index contributed by atoms with van der Waals surface area (Å²) in [6.45, 7) is 3.66. The summed E-state index contributed by atoms with van der Waals surface area (Å²) < 4.78 is 17.6. The zero-order valence-corrected chi connectivity index (χ0v) is 13.7. The van der Waals surface area contributed by atoms with Crippen LogP contribution in [0.4, 0.5) is 0 Å². The van der Waals surface area contributed by atoms with E-state index in [0.29, 0.717) is 0 Å². The summed E-state index contributed by atoms with van der Waals surface area (Å²) in [5.74, 6) is -0.0282. The van der Waals surface area contributed by atoms with Gasteiger partial charge in [0, 0.05) is 28.3 Å². The van der Waals surface area contributed by atoms with Crippen LogP contribution in [0.2, 0.25) is 6.04 Å². The fourth-order valence-electron chi connectivity index (χ4n) is 3.45. The quantitative estimate of drug-likeness (QED) is 0.757. The van der Waals surface area contributed by atoms with E-state index in [1.165, 1.54) is 0 Å². The maximum atomic E-state index is 11.5. The molecule has 1 saturated heterocycles. The van der Waals surface area contributed by atoms with E-state index in [-0.39, 0.29) is 11.9 Å².